The Bertz CT molecular complexity index is 1470. The van der Waals surface area contributed by atoms with Crippen molar-refractivity contribution in [3.05, 3.63) is 95.8 Å². The predicted octanol–water partition coefficient (Wildman–Crippen LogP) is 6.79. The third-order valence-corrected chi connectivity index (χ3v) is 5.86. The van der Waals surface area contributed by atoms with E-state index in [9.17, 15) is 9.18 Å². The van der Waals surface area contributed by atoms with Gasteiger partial charge in [0.25, 0.3) is 0 Å². The zero-order chi connectivity index (χ0) is 22.8. The molecule has 5 heteroatoms. The second-order valence-electron chi connectivity index (χ2n) is 8.33. The fraction of sp³-hybridized carbons (Fsp3) is 0.143. The van der Waals surface area contributed by atoms with Crippen LogP contribution in [0.25, 0.3) is 33.2 Å². The van der Waals surface area contributed by atoms with E-state index >= 15 is 0 Å². The number of hydrogen-bond donors (Lipinski definition) is 2. The maximum absolute atomic E-state index is 14.1. The molecule has 5 rings (SSSR count). The molecule has 1 amide bonds. The van der Waals surface area contributed by atoms with Crippen LogP contribution >= 0.6 is 0 Å². The quantitative estimate of drug-likeness (QED) is 0.307. The third-order valence-electron chi connectivity index (χ3n) is 5.86. The van der Waals surface area contributed by atoms with E-state index in [1.54, 1.807) is 12.1 Å². The maximum Gasteiger partial charge on any atom is 0.224 e. The van der Waals surface area contributed by atoms with Crippen LogP contribution < -0.4 is 5.32 Å². The van der Waals surface area contributed by atoms with Gasteiger partial charge in [0.15, 0.2) is 0 Å². The van der Waals surface area contributed by atoms with Crippen LogP contribution in [0, 0.1) is 12.7 Å². The molecule has 0 unspecified atom stereocenters. The summed E-state index contributed by atoms with van der Waals surface area (Å²) in [4.78, 5) is 20.7. The van der Waals surface area contributed by atoms with Gasteiger partial charge in [-0.15, -0.1) is 0 Å². The number of nitrogens with one attached hydrogen (secondary N) is 2. The van der Waals surface area contributed by atoms with Gasteiger partial charge in [-0.05, 0) is 73.4 Å². The molecule has 164 valence electrons. The number of aryl methyl sites for hydroxylation is 2. The first-order valence-corrected chi connectivity index (χ1v) is 11.1. The summed E-state index contributed by atoms with van der Waals surface area (Å²) < 4.78 is 14.1. The lowest BCUT2D eigenvalue weighted by atomic mass is 10.0. The summed E-state index contributed by atoms with van der Waals surface area (Å²) in [6, 6.07) is 24.5. The number of anilines is 1. The smallest absolute Gasteiger partial charge is 0.224 e. The first-order valence-electron chi connectivity index (χ1n) is 11.1. The van der Waals surface area contributed by atoms with Crippen molar-refractivity contribution in [2.75, 3.05) is 5.32 Å². The second-order valence-corrected chi connectivity index (χ2v) is 8.33. The van der Waals surface area contributed by atoms with E-state index in [-0.39, 0.29) is 11.7 Å². The molecule has 2 N–H and O–H groups in total. The van der Waals surface area contributed by atoms with Gasteiger partial charge >= 0.3 is 0 Å². The number of carbonyl (C=O) groups excluding carboxylic acids is 1. The average Bonchev–Trinajstić information content (AvgIpc) is 3.16. The fourth-order valence-corrected chi connectivity index (χ4v) is 4.28. The van der Waals surface area contributed by atoms with Gasteiger partial charge in [-0.3, -0.25) is 4.79 Å². The summed E-state index contributed by atoms with van der Waals surface area (Å²) in [6.45, 7) is 1.99. The summed E-state index contributed by atoms with van der Waals surface area (Å²) in [5, 5.41) is 4.86. The van der Waals surface area contributed by atoms with E-state index < -0.39 is 0 Å². The molecule has 0 bridgehead atoms. The van der Waals surface area contributed by atoms with Crippen LogP contribution in [0.15, 0.2) is 78.9 Å². The van der Waals surface area contributed by atoms with Gasteiger partial charge in [0, 0.05) is 28.4 Å². The first kappa shape index (κ1) is 20.9. The van der Waals surface area contributed by atoms with Gasteiger partial charge < -0.3 is 10.3 Å². The van der Waals surface area contributed by atoms with Crippen molar-refractivity contribution in [1.29, 1.82) is 0 Å². The molecule has 4 nitrogen and oxygen atoms in total. The molecule has 0 spiro atoms. The number of nitrogens with zero attached hydrogens (tertiary/aromatic N) is 1. The number of aromatic amines is 1. The Kier molecular flexibility index (Phi) is 5.61. The van der Waals surface area contributed by atoms with Crippen LogP contribution in [0.1, 0.15) is 24.0 Å². The molecule has 0 aliphatic heterocycles. The minimum Gasteiger partial charge on any atom is -0.353 e. The number of rotatable bonds is 6. The van der Waals surface area contributed by atoms with Crippen molar-refractivity contribution in [3.63, 3.8) is 0 Å². The van der Waals surface area contributed by atoms with Gasteiger partial charge in [0.1, 0.15) is 5.82 Å². The number of benzene rings is 3. The Hall–Kier alpha value is -3.99. The van der Waals surface area contributed by atoms with Gasteiger partial charge in [-0.1, -0.05) is 36.4 Å². The number of pyridine rings is 1. The molecule has 0 aliphatic carbocycles. The van der Waals surface area contributed by atoms with Crippen LogP contribution in [-0.4, -0.2) is 15.9 Å². The van der Waals surface area contributed by atoms with E-state index in [0.29, 0.717) is 19.3 Å². The first-order chi connectivity index (χ1) is 16.1. The molecule has 5 aromatic rings. The lowest BCUT2D eigenvalue weighted by molar-refractivity contribution is -0.116. The number of aromatic nitrogens is 2. The van der Waals surface area contributed by atoms with Crippen molar-refractivity contribution in [1.82, 2.24) is 9.97 Å². The number of amides is 1. The monoisotopic (exact) mass is 437 g/mol. The van der Waals surface area contributed by atoms with E-state index in [0.717, 1.165) is 50.0 Å². The third kappa shape index (κ3) is 4.48. The van der Waals surface area contributed by atoms with Gasteiger partial charge in [-0.2, -0.15) is 0 Å². The zero-order valence-electron chi connectivity index (χ0n) is 18.4. The number of H-pyrrole nitrogens is 1. The maximum atomic E-state index is 14.1. The highest BCUT2D eigenvalue weighted by Gasteiger charge is 2.16. The number of para-hydroxylation sites is 1. The Labute approximate surface area is 191 Å². The van der Waals surface area contributed by atoms with Crippen LogP contribution in [0.5, 0.6) is 0 Å². The van der Waals surface area contributed by atoms with Gasteiger partial charge in [0.05, 0.1) is 16.9 Å². The number of fused-ring (bicyclic) bond motifs is 2. The Morgan fingerprint density at radius 3 is 2.76 bits per heavy atom. The van der Waals surface area contributed by atoms with Crippen LogP contribution in [0.4, 0.5) is 10.1 Å². The lowest BCUT2D eigenvalue weighted by Crippen LogP contribution is -2.11. The molecule has 33 heavy (non-hydrogen) atoms. The summed E-state index contributed by atoms with van der Waals surface area (Å²) in [6.07, 6.45) is 1.65. The van der Waals surface area contributed by atoms with Crippen LogP contribution in [-0.2, 0) is 11.2 Å². The summed E-state index contributed by atoms with van der Waals surface area (Å²) in [5.74, 6) is -0.310. The number of hydrogen-bond acceptors (Lipinski definition) is 2. The molecule has 0 atom stereocenters. The molecular weight excluding hydrogens is 413 g/mol. The highest BCUT2D eigenvalue weighted by Crippen LogP contribution is 2.32. The fourth-order valence-electron chi connectivity index (χ4n) is 4.28. The standard InChI is InChI=1S/C28H24FN3O/c1-18-6-4-8-21(16-18)30-27(33)11-5-9-22-23-17-20(29)13-15-25(23)32-28(22)26-14-12-19-7-2-3-10-24(19)31-26/h2-4,6-8,10,12-17,32H,5,9,11H2,1H3,(H,30,33). The van der Waals surface area contributed by atoms with Crippen molar-refractivity contribution in [2.24, 2.45) is 0 Å². The van der Waals surface area contributed by atoms with Crippen molar-refractivity contribution in [3.8, 4) is 11.4 Å². The molecular formula is C28H24FN3O. The van der Waals surface area contributed by atoms with Crippen LogP contribution in [0.3, 0.4) is 0 Å². The highest BCUT2D eigenvalue weighted by molar-refractivity contribution is 5.92. The molecule has 0 saturated heterocycles. The van der Waals surface area contributed by atoms with E-state index in [1.165, 1.54) is 6.07 Å². The van der Waals surface area contributed by atoms with Crippen molar-refractivity contribution < 1.29 is 9.18 Å². The zero-order valence-corrected chi connectivity index (χ0v) is 18.4. The van der Waals surface area contributed by atoms with E-state index in [4.69, 9.17) is 4.98 Å². The molecule has 0 saturated carbocycles. The van der Waals surface area contributed by atoms with Crippen LogP contribution in [0.2, 0.25) is 0 Å². The largest absolute Gasteiger partial charge is 0.353 e. The molecule has 0 fully saturated rings. The SMILES string of the molecule is Cc1cccc(NC(=O)CCCc2c(-c3ccc4ccccc4n3)[nH]c3ccc(F)cc23)c1. The topological polar surface area (TPSA) is 57.8 Å². The number of halogens is 1. The Morgan fingerprint density at radius 1 is 1.00 bits per heavy atom. The molecule has 3 aromatic carbocycles. The minimum atomic E-state index is -0.280. The van der Waals surface area contributed by atoms with E-state index in [2.05, 4.69) is 10.3 Å². The normalized spacial score (nSPS) is 11.2. The Morgan fingerprint density at radius 2 is 1.88 bits per heavy atom. The van der Waals surface area contributed by atoms with E-state index in [1.807, 2.05) is 67.6 Å². The van der Waals surface area contributed by atoms with Crippen molar-refractivity contribution >= 4 is 33.4 Å². The minimum absolute atomic E-state index is 0.0306. The second kappa shape index (κ2) is 8.87. The van der Waals surface area contributed by atoms with Gasteiger partial charge in [-0.25, -0.2) is 9.37 Å². The Balaban J connectivity index is 1.41. The summed E-state index contributed by atoms with van der Waals surface area (Å²) in [7, 11) is 0. The van der Waals surface area contributed by atoms with Gasteiger partial charge in [0.2, 0.25) is 5.91 Å². The predicted molar refractivity (Wildman–Crippen MR) is 132 cm³/mol. The average molecular weight is 438 g/mol. The lowest BCUT2D eigenvalue weighted by Gasteiger charge is -2.08. The number of carbonyl (C=O) groups is 1. The van der Waals surface area contributed by atoms with Crippen molar-refractivity contribution in [2.45, 2.75) is 26.2 Å². The molecule has 0 radical (unpaired) electrons. The molecule has 0 aliphatic rings. The summed E-state index contributed by atoms with van der Waals surface area (Å²) in [5.41, 5.74) is 6.33. The highest BCUT2D eigenvalue weighted by atomic mass is 19.1. The summed E-state index contributed by atoms with van der Waals surface area (Å²) >= 11 is 0. The molecule has 2 heterocycles. The molecule has 2 aromatic heterocycles.